The van der Waals surface area contributed by atoms with Crippen molar-refractivity contribution in [2.24, 2.45) is 0 Å². The molecular weight excluding hydrogens is 202 g/mol. The van der Waals surface area contributed by atoms with E-state index in [2.05, 4.69) is 26.1 Å². The van der Waals surface area contributed by atoms with Crippen LogP contribution < -0.4 is 5.32 Å². The normalized spacial score (nSPS) is 28.6. The van der Waals surface area contributed by atoms with Crippen LogP contribution in [0.2, 0.25) is 0 Å². The van der Waals surface area contributed by atoms with Crippen LogP contribution in [-0.4, -0.2) is 12.6 Å². The van der Waals surface area contributed by atoms with Gasteiger partial charge in [0.25, 0.3) is 0 Å². The Balaban J connectivity index is 2.16. The molecule has 2 heterocycles. The van der Waals surface area contributed by atoms with Gasteiger partial charge in [-0.15, -0.1) is 0 Å². The second kappa shape index (κ2) is 4.75. The summed E-state index contributed by atoms with van der Waals surface area (Å²) < 4.78 is 0. The zero-order valence-corrected chi connectivity index (χ0v) is 10.8. The summed E-state index contributed by atoms with van der Waals surface area (Å²) >= 11 is 2.01. The maximum absolute atomic E-state index is 3.61. The van der Waals surface area contributed by atoms with Crippen LogP contribution in [0.5, 0.6) is 0 Å². The van der Waals surface area contributed by atoms with Crippen LogP contribution in [0, 0.1) is 0 Å². The summed E-state index contributed by atoms with van der Waals surface area (Å²) in [4.78, 5) is 3.13. The van der Waals surface area contributed by atoms with Crippen LogP contribution >= 0.6 is 11.8 Å². The van der Waals surface area contributed by atoms with Crippen LogP contribution in [0.4, 0.5) is 0 Å². The molecule has 0 bridgehead atoms. The van der Waals surface area contributed by atoms with Crippen molar-refractivity contribution in [2.45, 2.75) is 52.5 Å². The average Bonchev–Trinajstić information content (AvgIpc) is 2.45. The van der Waals surface area contributed by atoms with Gasteiger partial charge in [-0.05, 0) is 51.4 Å². The molecule has 2 heteroatoms. The molecule has 84 valence electrons. The third-order valence-corrected chi connectivity index (χ3v) is 4.90. The highest BCUT2D eigenvalue weighted by Gasteiger charge is 2.18. The standard InChI is InChI=1S/C13H21NS/c1-9-4-6-12-7-5-10(2)14-8-13(12)15-11(9)3/h10,14H,4-8H2,1-3H3. The van der Waals surface area contributed by atoms with E-state index in [1.165, 1.54) is 30.6 Å². The molecule has 2 rings (SSSR count). The molecule has 2 aliphatic heterocycles. The van der Waals surface area contributed by atoms with E-state index in [1.807, 2.05) is 11.8 Å². The van der Waals surface area contributed by atoms with E-state index in [0.717, 1.165) is 6.54 Å². The summed E-state index contributed by atoms with van der Waals surface area (Å²) in [5, 5.41) is 3.61. The Bertz CT molecular complexity index is 314. The number of hydrogen-bond donors (Lipinski definition) is 1. The van der Waals surface area contributed by atoms with Gasteiger partial charge in [0, 0.05) is 17.5 Å². The molecule has 0 radical (unpaired) electrons. The molecule has 0 aromatic carbocycles. The summed E-state index contributed by atoms with van der Waals surface area (Å²) in [5.41, 5.74) is 3.30. The molecule has 0 amide bonds. The first-order valence-corrected chi connectivity index (χ1v) is 6.77. The molecular formula is C13H21NS. The van der Waals surface area contributed by atoms with E-state index in [9.17, 15) is 0 Å². The molecule has 2 aliphatic rings. The summed E-state index contributed by atoms with van der Waals surface area (Å²) in [6, 6.07) is 0.683. The average molecular weight is 223 g/mol. The molecule has 1 unspecified atom stereocenters. The highest BCUT2D eigenvalue weighted by atomic mass is 32.2. The minimum atomic E-state index is 0.683. The largest absolute Gasteiger partial charge is 0.310 e. The number of allylic oxidation sites excluding steroid dienone is 3. The van der Waals surface area contributed by atoms with Crippen molar-refractivity contribution in [3.63, 3.8) is 0 Å². The van der Waals surface area contributed by atoms with E-state index >= 15 is 0 Å². The van der Waals surface area contributed by atoms with Crippen LogP contribution in [-0.2, 0) is 0 Å². The molecule has 15 heavy (non-hydrogen) atoms. The van der Waals surface area contributed by atoms with Crippen molar-refractivity contribution < 1.29 is 0 Å². The summed E-state index contributed by atoms with van der Waals surface area (Å²) in [5.74, 6) is 0. The molecule has 0 aromatic rings. The van der Waals surface area contributed by atoms with Crippen molar-refractivity contribution in [2.75, 3.05) is 6.54 Å². The van der Waals surface area contributed by atoms with E-state index in [-0.39, 0.29) is 0 Å². The van der Waals surface area contributed by atoms with Crippen molar-refractivity contribution in [1.82, 2.24) is 5.32 Å². The van der Waals surface area contributed by atoms with Crippen molar-refractivity contribution >= 4 is 11.8 Å². The Kier molecular flexibility index (Phi) is 3.57. The monoisotopic (exact) mass is 223 g/mol. The fourth-order valence-electron chi connectivity index (χ4n) is 2.18. The molecule has 0 spiro atoms. The number of thioether (sulfide) groups is 1. The first kappa shape index (κ1) is 11.3. The van der Waals surface area contributed by atoms with E-state index in [1.54, 1.807) is 16.1 Å². The van der Waals surface area contributed by atoms with Crippen LogP contribution in [0.1, 0.15) is 46.5 Å². The zero-order chi connectivity index (χ0) is 10.8. The predicted octanol–water partition coefficient (Wildman–Crippen LogP) is 3.83. The lowest BCUT2D eigenvalue weighted by Gasteiger charge is -2.10. The fraction of sp³-hybridized carbons (Fsp3) is 0.692. The first-order chi connectivity index (χ1) is 7.16. The smallest absolute Gasteiger partial charge is 0.0270 e. The lowest BCUT2D eigenvalue weighted by Crippen LogP contribution is -2.25. The molecule has 0 fully saturated rings. The second-order valence-corrected chi connectivity index (χ2v) is 6.10. The van der Waals surface area contributed by atoms with Gasteiger partial charge < -0.3 is 5.32 Å². The lowest BCUT2D eigenvalue weighted by atomic mass is 10.0. The Hall–Kier alpha value is -0.210. The van der Waals surface area contributed by atoms with Crippen molar-refractivity contribution in [3.05, 3.63) is 21.0 Å². The van der Waals surface area contributed by atoms with Crippen LogP contribution in [0.3, 0.4) is 0 Å². The molecule has 1 N–H and O–H groups in total. The predicted molar refractivity (Wildman–Crippen MR) is 68.9 cm³/mol. The Labute approximate surface area is 97.4 Å². The van der Waals surface area contributed by atoms with Gasteiger partial charge in [0.2, 0.25) is 0 Å². The number of rotatable bonds is 0. The topological polar surface area (TPSA) is 12.0 Å². The van der Waals surface area contributed by atoms with Gasteiger partial charge in [0.1, 0.15) is 0 Å². The number of hydrogen-bond acceptors (Lipinski definition) is 2. The van der Waals surface area contributed by atoms with Crippen LogP contribution in [0.15, 0.2) is 21.0 Å². The lowest BCUT2D eigenvalue weighted by molar-refractivity contribution is 0.554. The molecule has 0 aromatic heterocycles. The van der Waals surface area contributed by atoms with Gasteiger partial charge in [-0.1, -0.05) is 22.9 Å². The Morgan fingerprint density at radius 1 is 1.20 bits per heavy atom. The third-order valence-electron chi connectivity index (χ3n) is 3.56. The minimum Gasteiger partial charge on any atom is -0.310 e. The van der Waals surface area contributed by atoms with E-state index < -0.39 is 0 Å². The Morgan fingerprint density at radius 3 is 2.80 bits per heavy atom. The van der Waals surface area contributed by atoms with Gasteiger partial charge >= 0.3 is 0 Å². The van der Waals surface area contributed by atoms with Gasteiger partial charge in [-0.25, -0.2) is 0 Å². The quantitative estimate of drug-likeness (QED) is 0.670. The number of nitrogens with one attached hydrogen (secondary N) is 1. The third kappa shape index (κ3) is 2.67. The highest BCUT2D eigenvalue weighted by Crippen LogP contribution is 2.38. The van der Waals surface area contributed by atoms with E-state index in [0.29, 0.717) is 6.04 Å². The van der Waals surface area contributed by atoms with Gasteiger partial charge in [0.05, 0.1) is 0 Å². The fourth-order valence-corrected chi connectivity index (χ4v) is 3.33. The molecule has 0 saturated carbocycles. The summed E-state index contributed by atoms with van der Waals surface area (Å²) in [6.45, 7) is 7.94. The van der Waals surface area contributed by atoms with Crippen molar-refractivity contribution in [3.8, 4) is 0 Å². The van der Waals surface area contributed by atoms with Gasteiger partial charge in [-0.3, -0.25) is 0 Å². The first-order valence-electron chi connectivity index (χ1n) is 5.95. The molecule has 1 atom stereocenters. The summed E-state index contributed by atoms with van der Waals surface area (Å²) in [6.07, 6.45) is 5.17. The highest BCUT2D eigenvalue weighted by molar-refractivity contribution is 8.06. The summed E-state index contributed by atoms with van der Waals surface area (Å²) in [7, 11) is 0. The van der Waals surface area contributed by atoms with Crippen LogP contribution in [0.25, 0.3) is 0 Å². The maximum Gasteiger partial charge on any atom is 0.0270 e. The molecule has 1 nitrogen and oxygen atoms in total. The maximum atomic E-state index is 3.61. The minimum absolute atomic E-state index is 0.683. The van der Waals surface area contributed by atoms with Gasteiger partial charge in [0.15, 0.2) is 0 Å². The Morgan fingerprint density at radius 2 is 2.00 bits per heavy atom. The second-order valence-electron chi connectivity index (χ2n) is 4.79. The molecule has 0 saturated heterocycles. The zero-order valence-electron chi connectivity index (χ0n) is 10.0. The van der Waals surface area contributed by atoms with Crippen molar-refractivity contribution in [1.29, 1.82) is 0 Å². The van der Waals surface area contributed by atoms with Gasteiger partial charge in [-0.2, -0.15) is 0 Å². The molecule has 0 aliphatic carbocycles. The van der Waals surface area contributed by atoms with E-state index in [4.69, 9.17) is 0 Å². The SMILES string of the molecule is CC1=C(C)SC2=C(CC1)CCC(C)NC2.